The average molecular weight is 680 g/mol. The highest BCUT2D eigenvalue weighted by Gasteiger charge is 2.23. The first-order valence-electron chi connectivity index (χ1n) is 18.1. The van der Waals surface area contributed by atoms with Gasteiger partial charge in [0.05, 0.1) is 11.0 Å². The molecule has 0 fully saturated rings. The number of rotatable bonds is 4. The van der Waals surface area contributed by atoms with Gasteiger partial charge in [-0.3, -0.25) is 0 Å². The number of allylic oxidation sites excluding steroid dienone is 1. The Bertz CT molecular complexity index is 3050. The summed E-state index contributed by atoms with van der Waals surface area (Å²) in [5.74, 6) is 0. The van der Waals surface area contributed by atoms with E-state index in [1.54, 1.807) is 0 Å². The van der Waals surface area contributed by atoms with Crippen LogP contribution in [-0.4, -0.2) is 4.57 Å². The lowest BCUT2D eigenvalue weighted by Crippen LogP contribution is -1.97. The summed E-state index contributed by atoms with van der Waals surface area (Å²) in [4.78, 5) is 0. The number of para-hydroxylation sites is 1. The summed E-state index contributed by atoms with van der Waals surface area (Å²) in [5, 5.41) is 7.79. The maximum absolute atomic E-state index is 2.49. The molecule has 2 aromatic heterocycles. The molecular formula is C50H33NS. The fraction of sp³-hybridized carbons (Fsp3) is 0.0400. The van der Waals surface area contributed by atoms with E-state index in [0.29, 0.717) is 0 Å². The first kappa shape index (κ1) is 29.5. The molecule has 1 aliphatic carbocycles. The van der Waals surface area contributed by atoms with E-state index in [2.05, 4.69) is 181 Å². The van der Waals surface area contributed by atoms with Crippen molar-refractivity contribution < 1.29 is 0 Å². The second kappa shape index (κ2) is 11.7. The fourth-order valence-electron chi connectivity index (χ4n) is 8.60. The zero-order valence-electron chi connectivity index (χ0n) is 28.5. The molecule has 8 aromatic carbocycles. The predicted molar refractivity (Wildman–Crippen MR) is 225 cm³/mol. The maximum atomic E-state index is 2.49. The molecular weight excluding hydrogens is 647 g/mol. The molecule has 2 heteroatoms. The van der Waals surface area contributed by atoms with Gasteiger partial charge in [0.25, 0.3) is 0 Å². The second-order valence-electron chi connectivity index (χ2n) is 14.0. The van der Waals surface area contributed by atoms with E-state index in [1.165, 1.54) is 103 Å². The van der Waals surface area contributed by atoms with E-state index >= 15 is 0 Å². The summed E-state index contributed by atoms with van der Waals surface area (Å²) < 4.78 is 5.15. The van der Waals surface area contributed by atoms with Crippen LogP contribution in [0.5, 0.6) is 0 Å². The van der Waals surface area contributed by atoms with Gasteiger partial charge in [0.2, 0.25) is 0 Å². The molecule has 0 saturated heterocycles. The first-order valence-corrected chi connectivity index (χ1v) is 19.0. The smallest absolute Gasteiger partial charge is 0.0554 e. The Balaban J connectivity index is 1.29. The number of aromatic nitrogens is 1. The van der Waals surface area contributed by atoms with Crippen molar-refractivity contribution in [3.63, 3.8) is 0 Å². The van der Waals surface area contributed by atoms with Crippen molar-refractivity contribution in [2.45, 2.75) is 12.8 Å². The van der Waals surface area contributed by atoms with Crippen molar-refractivity contribution in [1.29, 1.82) is 0 Å². The molecule has 1 aliphatic rings. The topological polar surface area (TPSA) is 4.93 Å². The Labute approximate surface area is 306 Å². The first-order chi connectivity index (χ1) is 25.8. The van der Waals surface area contributed by atoms with Crippen LogP contribution in [0.3, 0.4) is 0 Å². The van der Waals surface area contributed by atoms with E-state index in [0.717, 1.165) is 12.8 Å². The third-order valence-corrected chi connectivity index (χ3v) is 12.2. The summed E-state index contributed by atoms with van der Waals surface area (Å²) in [6, 6.07) is 60.8. The Morgan fingerprint density at radius 3 is 2.13 bits per heavy atom. The Morgan fingerprint density at radius 1 is 0.481 bits per heavy atom. The van der Waals surface area contributed by atoms with E-state index in [4.69, 9.17) is 0 Å². The zero-order valence-corrected chi connectivity index (χ0v) is 29.3. The van der Waals surface area contributed by atoms with Crippen molar-refractivity contribution in [2.24, 2.45) is 0 Å². The number of nitrogens with zero attached hydrogens (tertiary/aromatic N) is 1. The van der Waals surface area contributed by atoms with Gasteiger partial charge in [-0.05, 0) is 105 Å². The van der Waals surface area contributed by atoms with Gasteiger partial charge in [-0.2, -0.15) is 0 Å². The van der Waals surface area contributed by atoms with Gasteiger partial charge in [0.15, 0.2) is 0 Å². The second-order valence-corrected chi connectivity index (χ2v) is 15.0. The van der Waals surface area contributed by atoms with E-state index in [1.807, 2.05) is 11.3 Å². The average Bonchev–Trinajstić information content (AvgIpc) is 3.75. The van der Waals surface area contributed by atoms with Crippen molar-refractivity contribution >= 4 is 70.2 Å². The molecule has 0 radical (unpaired) electrons. The van der Waals surface area contributed by atoms with E-state index in [9.17, 15) is 0 Å². The Hall–Kier alpha value is -6.22. The number of fused-ring (bicyclic) bond motifs is 9. The number of thiophene rings is 1. The normalized spacial score (nSPS) is 12.8. The summed E-state index contributed by atoms with van der Waals surface area (Å²) in [5.41, 5.74) is 14.0. The standard InChI is InChI=1S/C50H33NS/c1-3-12-32(13-4-1)36-24-26-42-45(30-36)51(39-18-5-2-6-19-39)46-31-43(37-23-22-33-14-7-8-16-35(33)28-37)50-49(48(42)46)44-29-38(25-27-47(44)52-50)41-21-11-17-34-15-9-10-20-40(34)41/h1-9,11-19,21-31H,10,20H2. The van der Waals surface area contributed by atoms with Gasteiger partial charge in [0, 0.05) is 42.2 Å². The van der Waals surface area contributed by atoms with Crippen LogP contribution in [0.25, 0.3) is 97.9 Å². The molecule has 0 bridgehead atoms. The van der Waals surface area contributed by atoms with Crippen LogP contribution < -0.4 is 0 Å². The zero-order chi connectivity index (χ0) is 34.2. The molecule has 52 heavy (non-hydrogen) atoms. The lowest BCUT2D eigenvalue weighted by atomic mass is 9.89. The molecule has 0 aliphatic heterocycles. The van der Waals surface area contributed by atoms with Gasteiger partial charge < -0.3 is 4.57 Å². The molecule has 10 aromatic rings. The van der Waals surface area contributed by atoms with Gasteiger partial charge in [-0.25, -0.2) is 0 Å². The summed E-state index contributed by atoms with van der Waals surface area (Å²) >= 11 is 1.93. The van der Waals surface area contributed by atoms with Crippen LogP contribution in [0.4, 0.5) is 0 Å². The van der Waals surface area contributed by atoms with Gasteiger partial charge in [-0.1, -0.05) is 133 Å². The third-order valence-electron chi connectivity index (χ3n) is 11.0. The minimum absolute atomic E-state index is 1.08. The summed E-state index contributed by atoms with van der Waals surface area (Å²) in [7, 11) is 0. The maximum Gasteiger partial charge on any atom is 0.0554 e. The monoisotopic (exact) mass is 679 g/mol. The molecule has 1 nitrogen and oxygen atoms in total. The van der Waals surface area contributed by atoms with Crippen molar-refractivity contribution in [2.75, 3.05) is 0 Å². The van der Waals surface area contributed by atoms with Crippen LogP contribution >= 0.6 is 11.3 Å². The lowest BCUT2D eigenvalue weighted by molar-refractivity contribution is 0.988. The predicted octanol–water partition coefficient (Wildman–Crippen LogP) is 14.3. The van der Waals surface area contributed by atoms with Crippen LogP contribution in [0.2, 0.25) is 0 Å². The third kappa shape index (κ3) is 4.54. The Kier molecular flexibility index (Phi) is 6.62. The highest BCUT2D eigenvalue weighted by atomic mass is 32.1. The van der Waals surface area contributed by atoms with Gasteiger partial charge in [0.1, 0.15) is 0 Å². The molecule has 2 heterocycles. The SMILES string of the molecule is C1=Cc2cccc(-c3ccc4sc5c(-c6ccc7ccccc7c6)cc6c(c7ccc(-c8ccccc8)cc7n6-c6ccccc6)c5c4c3)c2CC1. The highest BCUT2D eigenvalue weighted by Crippen LogP contribution is 2.49. The molecule has 0 amide bonds. The number of hydrogen-bond acceptors (Lipinski definition) is 1. The minimum Gasteiger partial charge on any atom is -0.309 e. The molecule has 0 saturated carbocycles. The van der Waals surface area contributed by atoms with Crippen LogP contribution in [0, 0.1) is 0 Å². The van der Waals surface area contributed by atoms with Gasteiger partial charge in [-0.15, -0.1) is 11.3 Å². The molecule has 0 unspecified atom stereocenters. The highest BCUT2D eigenvalue weighted by molar-refractivity contribution is 7.26. The van der Waals surface area contributed by atoms with Crippen molar-refractivity contribution in [3.05, 3.63) is 181 Å². The number of benzene rings is 8. The molecule has 11 rings (SSSR count). The molecule has 0 N–H and O–H groups in total. The van der Waals surface area contributed by atoms with E-state index < -0.39 is 0 Å². The van der Waals surface area contributed by atoms with Crippen LogP contribution in [-0.2, 0) is 6.42 Å². The van der Waals surface area contributed by atoms with Crippen molar-refractivity contribution in [1.82, 2.24) is 4.57 Å². The van der Waals surface area contributed by atoms with Crippen LogP contribution in [0.15, 0.2) is 170 Å². The van der Waals surface area contributed by atoms with Crippen molar-refractivity contribution in [3.8, 4) is 39.1 Å². The number of hydrogen-bond donors (Lipinski definition) is 0. The molecule has 0 spiro atoms. The van der Waals surface area contributed by atoms with Gasteiger partial charge >= 0.3 is 0 Å². The molecule has 0 atom stereocenters. The summed E-state index contributed by atoms with van der Waals surface area (Å²) in [6.07, 6.45) is 6.77. The fourth-order valence-corrected chi connectivity index (χ4v) is 9.83. The van der Waals surface area contributed by atoms with E-state index in [-0.39, 0.29) is 0 Å². The lowest BCUT2D eigenvalue weighted by Gasteiger charge is -2.16. The minimum atomic E-state index is 1.08. The Morgan fingerprint density at radius 2 is 1.25 bits per heavy atom. The summed E-state index contributed by atoms with van der Waals surface area (Å²) in [6.45, 7) is 0. The van der Waals surface area contributed by atoms with Crippen LogP contribution in [0.1, 0.15) is 17.5 Å². The largest absolute Gasteiger partial charge is 0.309 e. The molecule has 244 valence electrons. The quantitative estimate of drug-likeness (QED) is 0.174.